The first-order valence-corrected chi connectivity index (χ1v) is 9.50. The van der Waals surface area contributed by atoms with Gasteiger partial charge in [0.15, 0.2) is 0 Å². The van der Waals surface area contributed by atoms with Gasteiger partial charge in [-0.3, -0.25) is 9.80 Å². The number of phenols is 2. The number of fused-ring (bicyclic) bond motifs is 2. The Bertz CT molecular complexity index is 1150. The van der Waals surface area contributed by atoms with E-state index in [0.717, 1.165) is 22.1 Å². The number of nitrogens with zero attached hydrogens (tertiary/aromatic N) is 1. The normalized spacial score (nSPS) is 11.3. The molecule has 4 aromatic carbocycles. The molecule has 0 fully saturated rings. The molecule has 1 heterocycles. The maximum absolute atomic E-state index is 12.4. The number of para-hydroxylation sites is 2. The second kappa shape index (κ2) is 8.55. The molecule has 0 aromatic heterocycles. The lowest BCUT2D eigenvalue weighted by Gasteiger charge is -2.10. The molecule has 6 heteroatoms. The smallest absolute Gasteiger partial charge is 0.252 e. The van der Waals surface area contributed by atoms with Crippen LogP contribution in [0.2, 0.25) is 0 Å². The highest BCUT2D eigenvalue weighted by atomic mass is 16.3. The average Bonchev–Trinajstić information content (AvgIpc) is 3.46. The number of carbonyl (C=O) groups excluding carboxylic acids is 1. The van der Waals surface area contributed by atoms with Gasteiger partial charge in [-0.25, -0.2) is 5.43 Å². The van der Waals surface area contributed by atoms with E-state index in [-0.39, 0.29) is 17.4 Å². The summed E-state index contributed by atoms with van der Waals surface area (Å²) in [5.41, 5.74) is 6.18. The van der Waals surface area contributed by atoms with E-state index in [2.05, 4.69) is 10.7 Å². The Labute approximate surface area is 174 Å². The third kappa shape index (κ3) is 4.34. The van der Waals surface area contributed by atoms with Crippen molar-refractivity contribution in [3.05, 3.63) is 96.6 Å². The minimum atomic E-state index is -0.0739. The van der Waals surface area contributed by atoms with Crippen molar-refractivity contribution >= 4 is 28.1 Å². The van der Waals surface area contributed by atoms with Crippen LogP contribution in [0.3, 0.4) is 0 Å². The Kier molecular flexibility index (Phi) is 5.50. The predicted octanol–water partition coefficient (Wildman–Crippen LogP) is 4.28. The van der Waals surface area contributed by atoms with Gasteiger partial charge in [0.25, 0.3) is 5.91 Å². The van der Waals surface area contributed by atoms with E-state index in [1.807, 2.05) is 71.7 Å². The Morgan fingerprint density at radius 1 is 0.767 bits per heavy atom. The molecule has 0 saturated heterocycles. The monoisotopic (exact) mass is 399 g/mol. The second-order valence-electron chi connectivity index (χ2n) is 6.71. The fourth-order valence-corrected chi connectivity index (χ4v) is 3.19. The van der Waals surface area contributed by atoms with Gasteiger partial charge in [0.2, 0.25) is 0 Å². The number of anilines is 2. The largest absolute Gasteiger partial charge is 0.508 e. The summed E-state index contributed by atoms with van der Waals surface area (Å²) in [6.45, 7) is 0.386. The van der Waals surface area contributed by atoms with Crippen LogP contribution >= 0.6 is 0 Å². The van der Waals surface area contributed by atoms with Gasteiger partial charge in [-0.05, 0) is 41.1 Å². The van der Waals surface area contributed by atoms with Gasteiger partial charge in [-0.15, -0.1) is 0 Å². The van der Waals surface area contributed by atoms with Crippen LogP contribution in [0.1, 0.15) is 10.4 Å². The number of hydrogen-bond acceptors (Lipinski definition) is 5. The van der Waals surface area contributed by atoms with Crippen molar-refractivity contribution < 1.29 is 15.0 Å². The van der Waals surface area contributed by atoms with E-state index in [9.17, 15) is 4.79 Å². The van der Waals surface area contributed by atoms with Crippen molar-refractivity contribution in [2.24, 2.45) is 0 Å². The first kappa shape index (κ1) is 19.3. The summed E-state index contributed by atoms with van der Waals surface area (Å²) in [4.78, 5) is 12.4. The van der Waals surface area contributed by atoms with E-state index in [4.69, 9.17) is 10.2 Å². The Morgan fingerprint density at radius 2 is 1.37 bits per heavy atom. The van der Waals surface area contributed by atoms with Crippen molar-refractivity contribution in [2.75, 3.05) is 11.7 Å². The highest BCUT2D eigenvalue weighted by Crippen LogP contribution is 2.44. The fraction of sp³-hybridized carbons (Fsp3) is 0.0417. The van der Waals surface area contributed by atoms with Crippen LogP contribution in [0, 0.1) is 0 Å². The summed E-state index contributed by atoms with van der Waals surface area (Å²) in [5.74, 6) is 0.102. The van der Waals surface area contributed by atoms with Crippen LogP contribution < -0.4 is 15.8 Å². The maximum atomic E-state index is 12.4. The molecule has 6 nitrogen and oxygen atoms in total. The number of carbonyl (C=O) groups is 1. The molecular formula is C24H21N3O3. The number of benzene rings is 4. The molecule has 0 radical (unpaired) electrons. The molecule has 0 aliphatic carbocycles. The number of aromatic hydroxyl groups is 2. The first-order valence-electron chi connectivity index (χ1n) is 9.50. The molecule has 0 unspecified atom stereocenters. The molecule has 1 amide bonds. The lowest BCUT2D eigenvalue weighted by Crippen LogP contribution is -2.37. The van der Waals surface area contributed by atoms with Gasteiger partial charge in [-0.1, -0.05) is 54.6 Å². The Hall–Kier alpha value is -4.03. The van der Waals surface area contributed by atoms with Gasteiger partial charge in [0.05, 0.1) is 18.0 Å². The number of hydrazine groups is 1. The zero-order valence-electron chi connectivity index (χ0n) is 16.1. The van der Waals surface area contributed by atoms with Gasteiger partial charge < -0.3 is 15.5 Å². The summed E-state index contributed by atoms with van der Waals surface area (Å²) in [6.07, 6.45) is 0. The molecular weight excluding hydrogens is 378 g/mol. The second-order valence-corrected chi connectivity index (χ2v) is 6.71. The average molecular weight is 399 g/mol. The minimum Gasteiger partial charge on any atom is -0.508 e. The van der Waals surface area contributed by atoms with Crippen LogP contribution in [0.15, 0.2) is 91.0 Å². The number of rotatable bonds is 4. The molecule has 150 valence electrons. The summed E-state index contributed by atoms with van der Waals surface area (Å²) in [5, 5.41) is 24.2. The van der Waals surface area contributed by atoms with Crippen LogP contribution in [-0.2, 0) is 0 Å². The van der Waals surface area contributed by atoms with Gasteiger partial charge in [-0.2, -0.15) is 0 Å². The van der Waals surface area contributed by atoms with Crippen molar-refractivity contribution in [1.82, 2.24) is 10.7 Å². The van der Waals surface area contributed by atoms with E-state index >= 15 is 0 Å². The summed E-state index contributed by atoms with van der Waals surface area (Å²) in [7, 11) is 0. The zero-order chi connectivity index (χ0) is 20.9. The SMILES string of the molecule is O=C(NCNN1c2ccccc21)c1cccc2ccccc12.Oc1cccc(O)c1. The van der Waals surface area contributed by atoms with Gasteiger partial charge >= 0.3 is 0 Å². The van der Waals surface area contributed by atoms with Crippen LogP contribution in [0.5, 0.6) is 11.5 Å². The molecule has 5 rings (SSSR count). The maximum Gasteiger partial charge on any atom is 0.252 e. The molecule has 30 heavy (non-hydrogen) atoms. The summed E-state index contributed by atoms with van der Waals surface area (Å²) >= 11 is 0. The Morgan fingerprint density at radius 3 is 2.03 bits per heavy atom. The molecule has 0 atom stereocenters. The molecule has 1 aliphatic heterocycles. The molecule has 4 aromatic rings. The van der Waals surface area contributed by atoms with Crippen molar-refractivity contribution in [3.8, 4) is 11.5 Å². The van der Waals surface area contributed by atoms with E-state index in [1.54, 1.807) is 6.07 Å². The lowest BCUT2D eigenvalue weighted by atomic mass is 10.0. The van der Waals surface area contributed by atoms with Crippen LogP contribution in [-0.4, -0.2) is 22.8 Å². The van der Waals surface area contributed by atoms with Crippen LogP contribution in [0.25, 0.3) is 10.8 Å². The van der Waals surface area contributed by atoms with E-state index < -0.39 is 0 Å². The lowest BCUT2D eigenvalue weighted by molar-refractivity contribution is 0.0952. The predicted molar refractivity (Wildman–Crippen MR) is 118 cm³/mol. The minimum absolute atomic E-state index is 0.0739. The van der Waals surface area contributed by atoms with E-state index in [1.165, 1.54) is 18.2 Å². The quantitative estimate of drug-likeness (QED) is 0.304. The van der Waals surface area contributed by atoms with Gasteiger partial charge in [0.1, 0.15) is 11.5 Å². The zero-order valence-corrected chi connectivity index (χ0v) is 16.1. The van der Waals surface area contributed by atoms with Gasteiger partial charge in [0, 0.05) is 11.6 Å². The fourth-order valence-electron chi connectivity index (χ4n) is 3.19. The molecule has 1 aliphatic rings. The molecule has 4 N–H and O–H groups in total. The molecule has 0 saturated carbocycles. The third-order valence-corrected chi connectivity index (χ3v) is 4.66. The van der Waals surface area contributed by atoms with E-state index in [0.29, 0.717) is 12.2 Å². The highest BCUT2D eigenvalue weighted by molar-refractivity contribution is 6.07. The summed E-state index contributed by atoms with van der Waals surface area (Å²) in [6, 6.07) is 27.6. The number of phenolic OH excluding ortho intramolecular Hbond substituents is 2. The van der Waals surface area contributed by atoms with Crippen LogP contribution in [0.4, 0.5) is 11.4 Å². The van der Waals surface area contributed by atoms with Crippen molar-refractivity contribution in [2.45, 2.75) is 0 Å². The summed E-state index contributed by atoms with van der Waals surface area (Å²) < 4.78 is 0. The van der Waals surface area contributed by atoms with Crippen molar-refractivity contribution in [3.63, 3.8) is 0 Å². The number of amides is 1. The standard InChI is InChI=1S/C18H15N3O.C6H6O2/c22-18(15-9-5-7-13-6-1-2-8-14(13)15)19-12-20-21-16-10-3-4-11-17(16)21;7-5-2-1-3-6(8)4-5/h1-11,20H,12H2,(H,19,22);1-4,7-8H. The molecule has 0 bridgehead atoms. The molecule has 0 spiro atoms. The highest BCUT2D eigenvalue weighted by Gasteiger charge is 2.27. The third-order valence-electron chi connectivity index (χ3n) is 4.66. The number of nitrogens with one attached hydrogen (secondary N) is 2. The Balaban J connectivity index is 0.000000230. The topological polar surface area (TPSA) is 84.6 Å². The number of hydrogen-bond donors (Lipinski definition) is 4. The van der Waals surface area contributed by atoms with Crippen molar-refractivity contribution in [1.29, 1.82) is 0 Å². The first-order chi connectivity index (χ1) is 14.6.